The molecule has 0 atom stereocenters. The lowest BCUT2D eigenvalue weighted by Gasteiger charge is -2.24. The molecule has 0 bridgehead atoms. The Hall–Kier alpha value is -3.15. The Balaban J connectivity index is 1.46. The maximum absolute atomic E-state index is 13.3. The van der Waals surface area contributed by atoms with Crippen LogP contribution in [0.4, 0.5) is 5.69 Å². The van der Waals surface area contributed by atoms with Crippen LogP contribution in [-0.4, -0.2) is 35.7 Å². The van der Waals surface area contributed by atoms with Crippen molar-refractivity contribution < 1.29 is 14.4 Å². The maximum atomic E-state index is 13.3. The fourth-order valence-electron chi connectivity index (χ4n) is 3.86. The van der Waals surface area contributed by atoms with Crippen molar-refractivity contribution in [2.24, 2.45) is 0 Å². The lowest BCUT2D eigenvalue weighted by Crippen LogP contribution is -2.34. The summed E-state index contributed by atoms with van der Waals surface area (Å²) in [5.74, 6) is -0.772. The summed E-state index contributed by atoms with van der Waals surface area (Å²) in [6.45, 7) is 2.68. The highest BCUT2D eigenvalue weighted by atomic mass is 35.5. The fourth-order valence-corrected chi connectivity index (χ4v) is 4.35. The highest BCUT2D eigenvalue weighted by molar-refractivity contribution is 6.37. The van der Waals surface area contributed by atoms with Crippen LogP contribution < -0.4 is 4.90 Å². The van der Waals surface area contributed by atoms with Gasteiger partial charge in [0, 0.05) is 23.8 Å². The van der Waals surface area contributed by atoms with Gasteiger partial charge in [-0.1, -0.05) is 53.0 Å². The molecule has 4 rings (SSSR count). The van der Waals surface area contributed by atoms with Crippen LogP contribution >= 0.6 is 23.2 Å². The van der Waals surface area contributed by atoms with Crippen LogP contribution in [-0.2, 0) is 0 Å². The maximum Gasteiger partial charge on any atom is 0.261 e. The van der Waals surface area contributed by atoms with Crippen molar-refractivity contribution in [3.8, 4) is 0 Å². The number of benzene rings is 3. The summed E-state index contributed by atoms with van der Waals surface area (Å²) < 4.78 is 0. The summed E-state index contributed by atoms with van der Waals surface area (Å²) in [5.41, 5.74) is 3.08. The Morgan fingerprint density at radius 3 is 2.12 bits per heavy atom. The second-order valence-corrected chi connectivity index (χ2v) is 8.77. The van der Waals surface area contributed by atoms with Gasteiger partial charge in [0.15, 0.2) is 0 Å². The second-order valence-electron chi connectivity index (χ2n) is 7.93. The molecule has 33 heavy (non-hydrogen) atoms. The van der Waals surface area contributed by atoms with E-state index in [2.05, 4.69) is 0 Å². The van der Waals surface area contributed by atoms with Gasteiger partial charge in [0.25, 0.3) is 17.7 Å². The Morgan fingerprint density at radius 1 is 0.879 bits per heavy atom. The minimum atomic E-state index is -0.269. The van der Waals surface area contributed by atoms with E-state index in [1.807, 2.05) is 31.2 Å². The number of nitrogens with zero attached hydrogens (tertiary/aromatic N) is 2. The van der Waals surface area contributed by atoms with Gasteiger partial charge in [0.1, 0.15) is 0 Å². The van der Waals surface area contributed by atoms with Crippen molar-refractivity contribution in [3.63, 3.8) is 0 Å². The zero-order valence-electron chi connectivity index (χ0n) is 18.1. The highest BCUT2D eigenvalue weighted by Crippen LogP contribution is 2.26. The molecule has 0 spiro atoms. The first-order valence-electron chi connectivity index (χ1n) is 10.7. The number of fused-ring (bicyclic) bond motifs is 1. The molecule has 3 aromatic carbocycles. The molecular formula is C26H22Cl2N2O3. The van der Waals surface area contributed by atoms with E-state index in [0.717, 1.165) is 11.3 Å². The lowest BCUT2D eigenvalue weighted by atomic mass is 10.1. The SMILES string of the molecule is Cc1ccc(N(CCCCN2C(=O)c3ccccc3C2=O)C(=O)c2ccc(Cl)cc2Cl)cc1. The summed E-state index contributed by atoms with van der Waals surface area (Å²) in [4.78, 5) is 41.4. The Labute approximate surface area is 202 Å². The molecule has 5 nitrogen and oxygen atoms in total. The molecule has 0 unspecified atom stereocenters. The predicted octanol–water partition coefficient (Wildman–Crippen LogP) is 6.03. The molecule has 1 heterocycles. The number of anilines is 1. The third-order valence-corrected chi connectivity index (χ3v) is 6.19. The smallest absolute Gasteiger partial charge is 0.261 e. The van der Waals surface area contributed by atoms with Crippen molar-refractivity contribution in [1.29, 1.82) is 0 Å². The topological polar surface area (TPSA) is 57.7 Å². The Kier molecular flexibility index (Phi) is 6.82. The van der Waals surface area contributed by atoms with Crippen LogP contribution in [0, 0.1) is 6.92 Å². The van der Waals surface area contributed by atoms with Crippen LogP contribution in [0.15, 0.2) is 66.7 Å². The molecule has 0 fully saturated rings. The number of unbranched alkanes of at least 4 members (excludes halogenated alkanes) is 1. The summed E-state index contributed by atoms with van der Waals surface area (Å²) in [5, 5.41) is 0.745. The number of hydrogen-bond acceptors (Lipinski definition) is 3. The molecule has 7 heteroatoms. The zero-order chi connectivity index (χ0) is 23.5. The van der Waals surface area contributed by atoms with E-state index in [0.29, 0.717) is 47.6 Å². The molecule has 0 aliphatic carbocycles. The van der Waals surface area contributed by atoms with E-state index in [-0.39, 0.29) is 22.7 Å². The number of hydrogen-bond donors (Lipinski definition) is 0. The molecule has 0 saturated carbocycles. The van der Waals surface area contributed by atoms with Gasteiger partial charge < -0.3 is 4.90 Å². The quantitative estimate of drug-likeness (QED) is 0.306. The minimum Gasteiger partial charge on any atom is -0.308 e. The van der Waals surface area contributed by atoms with Crippen LogP contribution in [0.5, 0.6) is 0 Å². The normalized spacial score (nSPS) is 12.8. The van der Waals surface area contributed by atoms with Crippen molar-refractivity contribution in [2.75, 3.05) is 18.0 Å². The van der Waals surface area contributed by atoms with E-state index >= 15 is 0 Å². The molecule has 0 N–H and O–H groups in total. The summed E-state index contributed by atoms with van der Waals surface area (Å²) in [6.07, 6.45) is 1.16. The molecule has 3 amide bonds. The van der Waals surface area contributed by atoms with Crippen molar-refractivity contribution in [2.45, 2.75) is 19.8 Å². The van der Waals surface area contributed by atoms with Gasteiger partial charge in [-0.2, -0.15) is 0 Å². The monoisotopic (exact) mass is 480 g/mol. The first kappa shape index (κ1) is 23.0. The van der Waals surface area contributed by atoms with Gasteiger partial charge in [-0.3, -0.25) is 19.3 Å². The summed E-state index contributed by atoms with van der Waals surface area (Å²) in [7, 11) is 0. The number of aryl methyl sites for hydroxylation is 1. The first-order valence-corrected chi connectivity index (χ1v) is 11.4. The summed E-state index contributed by atoms with van der Waals surface area (Å²) in [6, 6.07) is 19.3. The van der Waals surface area contributed by atoms with E-state index in [4.69, 9.17) is 23.2 Å². The van der Waals surface area contributed by atoms with E-state index in [9.17, 15) is 14.4 Å². The van der Waals surface area contributed by atoms with Crippen molar-refractivity contribution in [1.82, 2.24) is 4.90 Å². The van der Waals surface area contributed by atoms with Gasteiger partial charge in [0.05, 0.1) is 21.7 Å². The van der Waals surface area contributed by atoms with E-state index in [1.165, 1.54) is 4.90 Å². The highest BCUT2D eigenvalue weighted by Gasteiger charge is 2.34. The molecule has 0 radical (unpaired) electrons. The third kappa shape index (κ3) is 4.80. The number of carbonyl (C=O) groups excluding carboxylic acids is 3. The molecule has 1 aliphatic rings. The predicted molar refractivity (Wildman–Crippen MR) is 130 cm³/mol. The molecule has 0 saturated heterocycles. The zero-order valence-corrected chi connectivity index (χ0v) is 19.6. The second kappa shape index (κ2) is 9.77. The number of imide groups is 1. The minimum absolute atomic E-state index is 0.235. The van der Waals surface area contributed by atoms with Crippen LogP contribution in [0.2, 0.25) is 10.0 Å². The Bertz CT molecular complexity index is 1190. The van der Waals surface area contributed by atoms with Crippen LogP contribution in [0.3, 0.4) is 0 Å². The number of halogens is 2. The summed E-state index contributed by atoms with van der Waals surface area (Å²) >= 11 is 12.3. The average molecular weight is 481 g/mol. The molecular weight excluding hydrogens is 459 g/mol. The van der Waals surface area contributed by atoms with Crippen molar-refractivity contribution in [3.05, 3.63) is 99.0 Å². The van der Waals surface area contributed by atoms with Gasteiger partial charge in [-0.05, 0) is 62.2 Å². The number of carbonyl (C=O) groups is 3. The van der Waals surface area contributed by atoms with E-state index in [1.54, 1.807) is 47.4 Å². The average Bonchev–Trinajstić information content (AvgIpc) is 3.04. The Morgan fingerprint density at radius 2 is 1.52 bits per heavy atom. The number of rotatable bonds is 7. The van der Waals surface area contributed by atoms with Gasteiger partial charge in [-0.15, -0.1) is 0 Å². The van der Waals surface area contributed by atoms with Gasteiger partial charge >= 0.3 is 0 Å². The molecule has 1 aliphatic heterocycles. The van der Waals surface area contributed by atoms with Crippen LogP contribution in [0.25, 0.3) is 0 Å². The fraction of sp³-hybridized carbons (Fsp3) is 0.192. The number of amides is 3. The molecule has 0 aromatic heterocycles. The molecule has 3 aromatic rings. The largest absolute Gasteiger partial charge is 0.308 e. The van der Waals surface area contributed by atoms with Gasteiger partial charge in [0.2, 0.25) is 0 Å². The first-order chi connectivity index (χ1) is 15.9. The van der Waals surface area contributed by atoms with E-state index < -0.39 is 0 Å². The lowest BCUT2D eigenvalue weighted by molar-refractivity contribution is 0.0651. The third-order valence-electron chi connectivity index (χ3n) is 5.64. The van der Waals surface area contributed by atoms with Gasteiger partial charge in [-0.25, -0.2) is 0 Å². The van der Waals surface area contributed by atoms with Crippen LogP contribution in [0.1, 0.15) is 49.5 Å². The standard InChI is InChI=1S/C26H22Cl2N2O3/c1-17-8-11-19(12-9-17)29(26(33)22-13-10-18(27)16-23(22)28)14-4-5-15-30-24(31)20-6-2-3-7-21(20)25(30)32/h2-3,6-13,16H,4-5,14-15H2,1H3. The molecule has 168 valence electrons. The van der Waals surface area contributed by atoms with Crippen molar-refractivity contribution >= 4 is 46.6 Å².